The average Bonchev–Trinajstić information content (AvgIpc) is 3.17. The van der Waals surface area contributed by atoms with E-state index in [2.05, 4.69) is 15.4 Å². The van der Waals surface area contributed by atoms with E-state index in [0.717, 1.165) is 25.1 Å². The van der Waals surface area contributed by atoms with E-state index >= 15 is 0 Å². The Hall–Kier alpha value is -3.03. The molecule has 0 spiro atoms. The van der Waals surface area contributed by atoms with Gasteiger partial charge in [0.2, 0.25) is 0 Å². The van der Waals surface area contributed by atoms with Crippen molar-refractivity contribution in [2.75, 3.05) is 12.4 Å². The second-order valence-corrected chi connectivity index (χ2v) is 7.26. The molecule has 0 aromatic carbocycles. The highest BCUT2D eigenvalue weighted by atomic mass is 19.4. The summed E-state index contributed by atoms with van der Waals surface area (Å²) in [5.74, 6) is 1.37. The number of pyridine rings is 1. The number of methoxy groups -OCH3 is 1. The molecule has 3 rings (SSSR count). The Kier molecular flexibility index (Phi) is 7.20. The molecule has 1 aliphatic heterocycles. The number of nitrogens with zero attached hydrogens (tertiary/aromatic N) is 3. The average molecular weight is 432 g/mol. The Morgan fingerprint density at radius 2 is 2.16 bits per heavy atom. The van der Waals surface area contributed by atoms with Gasteiger partial charge in [-0.15, -0.1) is 0 Å². The molecule has 0 bridgehead atoms. The summed E-state index contributed by atoms with van der Waals surface area (Å²) < 4.78 is 47.4. The van der Waals surface area contributed by atoms with Gasteiger partial charge in [0.25, 0.3) is 0 Å². The molecular formula is C23H27F3N4O. The lowest BCUT2D eigenvalue weighted by Crippen LogP contribution is -2.22. The largest absolute Gasteiger partial charge is 0.497 e. The molecule has 166 valence electrons. The summed E-state index contributed by atoms with van der Waals surface area (Å²) in [6, 6.07) is 5.40. The predicted octanol–water partition coefficient (Wildman–Crippen LogP) is 6.09. The number of anilines is 1. The van der Waals surface area contributed by atoms with Crippen LogP contribution in [0.15, 0.2) is 54.3 Å². The van der Waals surface area contributed by atoms with Crippen molar-refractivity contribution >= 4 is 11.4 Å². The van der Waals surface area contributed by atoms with Crippen LogP contribution in [0.4, 0.5) is 19.0 Å². The van der Waals surface area contributed by atoms with Crippen LogP contribution in [0.1, 0.15) is 50.5 Å². The van der Waals surface area contributed by atoms with E-state index in [9.17, 15) is 13.2 Å². The summed E-state index contributed by atoms with van der Waals surface area (Å²) in [4.78, 5) is 4.34. The number of halogens is 3. The number of alkyl halides is 3. The quantitative estimate of drug-likeness (QED) is 0.538. The molecule has 0 radical (unpaired) electrons. The third-order valence-corrected chi connectivity index (χ3v) is 5.02. The van der Waals surface area contributed by atoms with Gasteiger partial charge in [-0.1, -0.05) is 25.2 Å². The van der Waals surface area contributed by atoms with Crippen LogP contribution in [0, 0.1) is 0 Å². The van der Waals surface area contributed by atoms with Gasteiger partial charge in [-0.3, -0.25) is 4.68 Å². The highest BCUT2D eigenvalue weighted by molar-refractivity contribution is 5.74. The van der Waals surface area contributed by atoms with Crippen molar-refractivity contribution in [3.05, 3.63) is 65.7 Å². The maximum absolute atomic E-state index is 13.4. The number of hydrogen-bond donors (Lipinski definition) is 1. The first-order valence-corrected chi connectivity index (χ1v) is 10.3. The van der Waals surface area contributed by atoms with Crippen molar-refractivity contribution in [1.29, 1.82) is 0 Å². The molecule has 1 atom stereocenters. The molecule has 2 aromatic rings. The Morgan fingerprint density at radius 3 is 2.84 bits per heavy atom. The van der Waals surface area contributed by atoms with Crippen molar-refractivity contribution in [2.45, 2.75) is 51.9 Å². The molecule has 0 aliphatic carbocycles. The molecule has 0 amide bonds. The van der Waals surface area contributed by atoms with Crippen LogP contribution in [0.2, 0.25) is 0 Å². The maximum Gasteiger partial charge on any atom is 0.416 e. The minimum absolute atomic E-state index is 0.0465. The van der Waals surface area contributed by atoms with Gasteiger partial charge in [0.15, 0.2) is 0 Å². The fourth-order valence-electron chi connectivity index (χ4n) is 3.60. The minimum atomic E-state index is -4.41. The first-order valence-electron chi connectivity index (χ1n) is 10.3. The summed E-state index contributed by atoms with van der Waals surface area (Å²) in [7, 11) is 1.60. The molecule has 8 heteroatoms. The number of allylic oxidation sites excluding steroid dienone is 6. The van der Waals surface area contributed by atoms with E-state index in [1.165, 1.54) is 12.2 Å². The van der Waals surface area contributed by atoms with E-state index in [1.807, 2.05) is 16.8 Å². The van der Waals surface area contributed by atoms with Gasteiger partial charge in [-0.25, -0.2) is 4.98 Å². The Morgan fingerprint density at radius 1 is 1.35 bits per heavy atom. The molecule has 0 fully saturated rings. The minimum Gasteiger partial charge on any atom is -0.497 e. The molecule has 0 saturated heterocycles. The molecular weight excluding hydrogens is 405 g/mol. The van der Waals surface area contributed by atoms with Crippen molar-refractivity contribution in [3.63, 3.8) is 0 Å². The van der Waals surface area contributed by atoms with Crippen molar-refractivity contribution in [3.8, 4) is 5.75 Å². The van der Waals surface area contributed by atoms with Gasteiger partial charge < -0.3 is 10.1 Å². The fourth-order valence-corrected chi connectivity index (χ4v) is 3.60. The fraction of sp³-hybridized carbons (Fsp3) is 0.391. The highest BCUT2D eigenvalue weighted by Crippen LogP contribution is 2.33. The zero-order chi connectivity index (χ0) is 22.4. The van der Waals surface area contributed by atoms with Gasteiger partial charge in [0, 0.05) is 24.4 Å². The van der Waals surface area contributed by atoms with Crippen LogP contribution < -0.4 is 10.1 Å². The third kappa shape index (κ3) is 5.57. The normalized spacial score (nSPS) is 17.7. The summed E-state index contributed by atoms with van der Waals surface area (Å²) in [5.41, 5.74) is 1.21. The molecule has 1 aliphatic rings. The molecule has 1 unspecified atom stereocenters. The number of aryl methyl sites for hydroxylation is 1. The van der Waals surface area contributed by atoms with Crippen LogP contribution in [0.25, 0.3) is 5.57 Å². The first-order chi connectivity index (χ1) is 14.9. The van der Waals surface area contributed by atoms with Crippen LogP contribution in [-0.4, -0.2) is 28.1 Å². The molecule has 2 aromatic heterocycles. The molecule has 31 heavy (non-hydrogen) atoms. The van der Waals surface area contributed by atoms with E-state index < -0.39 is 11.7 Å². The lowest BCUT2D eigenvalue weighted by Gasteiger charge is -2.25. The van der Waals surface area contributed by atoms with Gasteiger partial charge in [-0.2, -0.15) is 18.3 Å². The topological polar surface area (TPSA) is 52.0 Å². The maximum atomic E-state index is 13.4. The molecule has 5 nitrogen and oxygen atoms in total. The van der Waals surface area contributed by atoms with Crippen LogP contribution >= 0.6 is 0 Å². The summed E-state index contributed by atoms with van der Waals surface area (Å²) >= 11 is 0. The predicted molar refractivity (Wildman–Crippen MR) is 116 cm³/mol. The van der Waals surface area contributed by atoms with Gasteiger partial charge >= 0.3 is 6.18 Å². The summed E-state index contributed by atoms with van der Waals surface area (Å²) in [6.45, 7) is 4.19. The summed E-state index contributed by atoms with van der Waals surface area (Å²) in [5, 5.41) is 8.01. The number of ether oxygens (including phenoxy) is 1. The zero-order valence-electron chi connectivity index (χ0n) is 17.9. The number of aromatic nitrogens is 3. The van der Waals surface area contributed by atoms with E-state index in [1.54, 1.807) is 45.4 Å². The van der Waals surface area contributed by atoms with E-state index in [0.29, 0.717) is 29.3 Å². The second kappa shape index (κ2) is 9.85. The van der Waals surface area contributed by atoms with E-state index in [4.69, 9.17) is 4.74 Å². The monoisotopic (exact) mass is 432 g/mol. The van der Waals surface area contributed by atoms with Gasteiger partial charge in [0.1, 0.15) is 11.6 Å². The molecule has 0 saturated carbocycles. The molecule has 1 N–H and O–H groups in total. The lowest BCUT2D eigenvalue weighted by atomic mass is 10.0. The first kappa shape index (κ1) is 22.7. The Labute approximate surface area is 180 Å². The lowest BCUT2D eigenvalue weighted by molar-refractivity contribution is -0.0883. The van der Waals surface area contributed by atoms with Crippen molar-refractivity contribution < 1.29 is 17.9 Å². The van der Waals surface area contributed by atoms with E-state index in [-0.39, 0.29) is 6.04 Å². The summed E-state index contributed by atoms with van der Waals surface area (Å²) in [6.07, 6.45) is 5.08. The number of rotatable bonds is 7. The highest BCUT2D eigenvalue weighted by Gasteiger charge is 2.32. The third-order valence-electron chi connectivity index (χ3n) is 5.02. The van der Waals surface area contributed by atoms with Crippen molar-refractivity contribution in [2.24, 2.45) is 0 Å². The van der Waals surface area contributed by atoms with Crippen LogP contribution in [0.3, 0.4) is 0 Å². The van der Waals surface area contributed by atoms with Crippen molar-refractivity contribution in [1.82, 2.24) is 14.8 Å². The van der Waals surface area contributed by atoms with Gasteiger partial charge in [-0.05, 0) is 44.4 Å². The number of nitrogens with one attached hydrogen (secondary N) is 1. The zero-order valence-corrected chi connectivity index (χ0v) is 17.9. The molecule has 3 heterocycles. The van der Waals surface area contributed by atoms with Crippen LogP contribution in [-0.2, 0) is 6.54 Å². The van der Waals surface area contributed by atoms with Gasteiger partial charge in [0.05, 0.1) is 30.1 Å². The smallest absolute Gasteiger partial charge is 0.416 e. The Balaban J connectivity index is 1.95. The standard InChI is InChI=1S/C23H27F3N4O/c1-4-7-16(13-17(8-5-2)23(24,25)26)20-15-21-19(9-6-12-30(21)29-20)28-22-14-18(31-3)10-11-27-22/h4,7-8,10-11,13-15,19H,5-6,9,12H2,1-3H3,(H,27,28)/b7-4-,16-13+,17-8-. The Bertz CT molecular complexity index is 989. The van der Waals surface area contributed by atoms with Crippen LogP contribution in [0.5, 0.6) is 5.75 Å². The SMILES string of the molecule is C\C=C/C(=C\C(=C\CC)C(F)(F)F)c1cc2n(n1)CCCC2Nc1cc(OC)ccn1. The number of hydrogen-bond acceptors (Lipinski definition) is 4. The number of fused-ring (bicyclic) bond motifs is 1. The second-order valence-electron chi connectivity index (χ2n) is 7.26.